The maximum Gasteiger partial charge on any atom is 0.281 e. The van der Waals surface area contributed by atoms with E-state index in [9.17, 15) is 33.0 Å². The maximum atomic E-state index is 14.5. The fourth-order valence-electron chi connectivity index (χ4n) is 4.12. The molecule has 0 amide bonds. The van der Waals surface area contributed by atoms with E-state index in [1.54, 1.807) is 6.92 Å². The lowest BCUT2D eigenvalue weighted by molar-refractivity contribution is -0.0978. The van der Waals surface area contributed by atoms with Crippen molar-refractivity contribution in [1.29, 1.82) is 5.26 Å². The first kappa shape index (κ1) is 22.3. The monoisotopic (exact) mass is 421 g/mol. The van der Waals surface area contributed by atoms with Crippen molar-refractivity contribution in [1.82, 2.24) is 0 Å². The average Bonchev–Trinajstić information content (AvgIpc) is 2.91. The van der Waals surface area contributed by atoms with Gasteiger partial charge in [0.15, 0.2) is 0 Å². The highest BCUT2D eigenvalue weighted by molar-refractivity contribution is 5.53. The van der Waals surface area contributed by atoms with Crippen LogP contribution in [0.1, 0.15) is 78.4 Å². The van der Waals surface area contributed by atoms with Crippen LogP contribution in [0, 0.1) is 17.1 Å². The molecule has 160 valence electrons. The van der Waals surface area contributed by atoms with Gasteiger partial charge in [-0.15, -0.1) is 0 Å². The molecule has 1 aliphatic carbocycles. The van der Waals surface area contributed by atoms with Crippen LogP contribution in [0.4, 0.5) is 17.6 Å². The number of nitrogens with zero attached hydrogens (tertiary/aromatic N) is 1. The summed E-state index contributed by atoms with van der Waals surface area (Å²) in [7, 11) is 0. The summed E-state index contributed by atoms with van der Waals surface area (Å²) in [6.07, 6.45) is -4.35. The van der Waals surface area contributed by atoms with Crippen molar-refractivity contribution in [3.05, 3.63) is 69.0 Å². The van der Waals surface area contributed by atoms with Gasteiger partial charge < -0.3 is 10.2 Å². The average molecular weight is 421 g/mol. The van der Waals surface area contributed by atoms with E-state index in [0.717, 1.165) is 12.1 Å². The zero-order valence-electron chi connectivity index (χ0n) is 16.9. The zero-order valence-corrected chi connectivity index (χ0v) is 16.9. The van der Waals surface area contributed by atoms with Crippen LogP contribution in [0.2, 0.25) is 0 Å². The molecule has 2 aromatic carbocycles. The molecule has 2 aromatic rings. The van der Waals surface area contributed by atoms with Gasteiger partial charge in [-0.3, -0.25) is 0 Å². The van der Waals surface area contributed by atoms with E-state index in [4.69, 9.17) is 0 Å². The lowest BCUT2D eigenvalue weighted by Crippen LogP contribution is -2.24. The Kier molecular flexibility index (Phi) is 5.70. The molecule has 0 saturated carbocycles. The van der Waals surface area contributed by atoms with Gasteiger partial charge in [-0.1, -0.05) is 19.1 Å². The summed E-state index contributed by atoms with van der Waals surface area (Å²) in [5.41, 5.74) is -0.598. The largest absolute Gasteiger partial charge is 0.386 e. The molecule has 2 N–H and O–H groups in total. The molecule has 0 aromatic heterocycles. The minimum atomic E-state index is -3.42. The van der Waals surface area contributed by atoms with Crippen molar-refractivity contribution < 1.29 is 27.8 Å². The van der Waals surface area contributed by atoms with Crippen molar-refractivity contribution in [2.75, 3.05) is 0 Å². The molecular formula is C23H23F4NO2. The number of aliphatic hydroxyl groups is 2. The Morgan fingerprint density at radius 2 is 1.97 bits per heavy atom. The second kappa shape index (κ2) is 7.68. The van der Waals surface area contributed by atoms with E-state index in [-0.39, 0.29) is 46.2 Å². The predicted molar refractivity (Wildman–Crippen MR) is 103 cm³/mol. The molecule has 0 heterocycles. The van der Waals surface area contributed by atoms with Gasteiger partial charge in [-0.25, -0.2) is 17.6 Å². The molecule has 3 nitrogen and oxygen atoms in total. The summed E-state index contributed by atoms with van der Waals surface area (Å²) in [6, 6.07) is 6.88. The zero-order chi connectivity index (χ0) is 22.4. The lowest BCUT2D eigenvalue weighted by atomic mass is 9.85. The minimum Gasteiger partial charge on any atom is -0.386 e. The highest BCUT2D eigenvalue weighted by Crippen LogP contribution is 2.48. The Balaban J connectivity index is 2.21. The molecule has 2 unspecified atom stereocenters. The van der Waals surface area contributed by atoms with Crippen molar-refractivity contribution in [3.8, 4) is 6.07 Å². The molecule has 0 saturated heterocycles. The summed E-state index contributed by atoms with van der Waals surface area (Å²) in [5.74, 6) is -4.17. The third kappa shape index (κ3) is 3.82. The minimum absolute atomic E-state index is 0.0136. The fraction of sp³-hybridized carbons (Fsp3) is 0.435. The first-order chi connectivity index (χ1) is 13.9. The number of nitriles is 1. The third-order valence-electron chi connectivity index (χ3n) is 5.63. The van der Waals surface area contributed by atoms with Gasteiger partial charge in [-0.2, -0.15) is 5.26 Å². The van der Waals surface area contributed by atoms with E-state index in [0.29, 0.717) is 5.56 Å². The van der Waals surface area contributed by atoms with Crippen LogP contribution in [0.5, 0.6) is 0 Å². The molecule has 3 rings (SSSR count). The molecule has 0 fully saturated rings. The van der Waals surface area contributed by atoms with Crippen LogP contribution in [-0.2, 0) is 18.4 Å². The van der Waals surface area contributed by atoms with Crippen LogP contribution in [-0.4, -0.2) is 16.1 Å². The Bertz CT molecular complexity index is 1020. The second-order valence-corrected chi connectivity index (χ2v) is 8.25. The number of fused-ring (bicyclic) bond motifs is 1. The van der Waals surface area contributed by atoms with Crippen LogP contribution >= 0.6 is 0 Å². The van der Waals surface area contributed by atoms with Gasteiger partial charge in [0.05, 0.1) is 17.2 Å². The molecule has 30 heavy (non-hydrogen) atoms. The molecule has 7 heteroatoms. The smallest absolute Gasteiger partial charge is 0.281 e. The van der Waals surface area contributed by atoms with Gasteiger partial charge in [-0.05, 0) is 72.2 Å². The lowest BCUT2D eigenvalue weighted by Gasteiger charge is -2.25. The van der Waals surface area contributed by atoms with Gasteiger partial charge in [0.1, 0.15) is 18.1 Å². The highest BCUT2D eigenvalue weighted by atomic mass is 19.3. The van der Waals surface area contributed by atoms with E-state index in [1.165, 1.54) is 26.0 Å². The molecule has 0 spiro atoms. The second-order valence-electron chi connectivity index (χ2n) is 8.25. The SMILES string of the molecule is CCC(F)c1cc(F)cc(C#N)c1Cc1ccc(C(C)(C)O)c2c1CC(F)(F)C2O. The highest BCUT2D eigenvalue weighted by Gasteiger charge is 2.49. The number of rotatable bonds is 5. The van der Waals surface area contributed by atoms with Crippen LogP contribution in [0.15, 0.2) is 24.3 Å². The number of hydrogen-bond donors (Lipinski definition) is 2. The molecular weight excluding hydrogens is 398 g/mol. The van der Waals surface area contributed by atoms with Crippen molar-refractivity contribution in [2.24, 2.45) is 0 Å². The van der Waals surface area contributed by atoms with Crippen LogP contribution in [0.3, 0.4) is 0 Å². The normalized spacial score (nSPS) is 18.7. The Hall–Kier alpha value is -2.43. The standard InChI is InChI=1S/C23H23F4NO2/c1-4-19(25)16-9-14(24)7-13(11-28)15(16)8-12-5-6-18(22(2,3)30)20-17(12)10-23(26,27)21(20)29/h5-7,9,19,21,29-30H,4,8,10H2,1-3H3. The number of halogens is 4. The molecule has 2 atom stereocenters. The summed E-state index contributed by atoms with van der Waals surface area (Å²) < 4.78 is 57.2. The Morgan fingerprint density at radius 3 is 2.53 bits per heavy atom. The topological polar surface area (TPSA) is 64.2 Å². The number of benzene rings is 2. The Labute approximate surface area is 172 Å². The first-order valence-electron chi connectivity index (χ1n) is 9.70. The summed E-state index contributed by atoms with van der Waals surface area (Å²) in [6.45, 7) is 4.46. The van der Waals surface area contributed by atoms with Crippen molar-refractivity contribution in [2.45, 2.75) is 63.8 Å². The molecule has 0 aliphatic heterocycles. The predicted octanol–water partition coefficient (Wildman–Crippen LogP) is 5.16. The molecule has 0 bridgehead atoms. The number of alkyl halides is 3. The number of aliphatic hydroxyl groups excluding tert-OH is 1. The van der Waals surface area contributed by atoms with Gasteiger partial charge in [0.25, 0.3) is 5.92 Å². The summed E-state index contributed by atoms with van der Waals surface area (Å²) in [5, 5.41) is 30.1. The molecule has 1 aliphatic rings. The molecule has 0 radical (unpaired) electrons. The quantitative estimate of drug-likeness (QED) is 0.656. The van der Waals surface area contributed by atoms with Gasteiger partial charge in [0.2, 0.25) is 0 Å². The van der Waals surface area contributed by atoms with E-state index < -0.39 is 36.0 Å². The van der Waals surface area contributed by atoms with Gasteiger partial charge in [0, 0.05) is 6.42 Å². The van der Waals surface area contributed by atoms with E-state index in [1.807, 2.05) is 6.07 Å². The first-order valence-corrected chi connectivity index (χ1v) is 9.70. The summed E-state index contributed by atoms with van der Waals surface area (Å²) >= 11 is 0. The van der Waals surface area contributed by atoms with E-state index in [2.05, 4.69) is 0 Å². The summed E-state index contributed by atoms with van der Waals surface area (Å²) in [4.78, 5) is 0. The van der Waals surface area contributed by atoms with Gasteiger partial charge >= 0.3 is 0 Å². The van der Waals surface area contributed by atoms with Crippen LogP contribution in [0.25, 0.3) is 0 Å². The van der Waals surface area contributed by atoms with Crippen molar-refractivity contribution >= 4 is 0 Å². The Morgan fingerprint density at radius 1 is 1.30 bits per heavy atom. The van der Waals surface area contributed by atoms with Crippen molar-refractivity contribution in [3.63, 3.8) is 0 Å². The van der Waals surface area contributed by atoms with Crippen LogP contribution < -0.4 is 0 Å². The van der Waals surface area contributed by atoms with E-state index >= 15 is 0 Å². The maximum absolute atomic E-state index is 14.5. The number of hydrogen-bond acceptors (Lipinski definition) is 3. The third-order valence-corrected chi connectivity index (χ3v) is 5.63. The fourth-order valence-corrected chi connectivity index (χ4v) is 4.12.